The molecule has 0 unspecified atom stereocenters. The molecule has 0 fully saturated rings. The van der Waals surface area contributed by atoms with Gasteiger partial charge in [0.1, 0.15) is 11.8 Å². The maximum Gasteiger partial charge on any atom is 0.250 e. The Labute approximate surface area is 98.8 Å². The van der Waals surface area contributed by atoms with Crippen LogP contribution >= 0.6 is 0 Å². The molecule has 8 heteroatoms. The fourth-order valence-electron chi connectivity index (χ4n) is 1.64. The van der Waals surface area contributed by atoms with Crippen LogP contribution in [0.15, 0.2) is 34.1 Å². The van der Waals surface area contributed by atoms with E-state index in [1.165, 1.54) is 19.1 Å². The lowest BCUT2D eigenvalue weighted by Crippen LogP contribution is -1.93. The molecule has 0 aliphatic heterocycles. The first-order valence-electron chi connectivity index (χ1n) is 5.02. The first-order valence-corrected chi connectivity index (χ1v) is 5.02. The minimum atomic E-state index is 0.378. The highest BCUT2D eigenvalue weighted by Crippen LogP contribution is 2.22. The van der Waals surface area contributed by atoms with Crippen LogP contribution in [0.3, 0.4) is 0 Å². The molecule has 0 aromatic carbocycles. The van der Waals surface area contributed by atoms with Gasteiger partial charge in [0.2, 0.25) is 16.9 Å². The van der Waals surface area contributed by atoms with Crippen LogP contribution in [0, 0.1) is 0 Å². The standard InChI is InChI=1S/C10H4N6O2/c1-5-10(18-3-14-5)16-8(11-1)6-7-9(13-2-12-6)15-4-17-7/h1-4H. The highest BCUT2D eigenvalue weighted by atomic mass is 16.3. The number of hydrogen-bond acceptors (Lipinski definition) is 8. The predicted molar refractivity (Wildman–Crippen MR) is 58.2 cm³/mol. The highest BCUT2D eigenvalue weighted by Gasteiger charge is 2.14. The Bertz CT molecular complexity index is 851. The van der Waals surface area contributed by atoms with Crippen molar-refractivity contribution in [3.63, 3.8) is 0 Å². The summed E-state index contributed by atoms with van der Waals surface area (Å²) in [6.07, 6.45) is 5.56. The number of fused-ring (bicyclic) bond motifs is 2. The highest BCUT2D eigenvalue weighted by molar-refractivity contribution is 5.83. The van der Waals surface area contributed by atoms with Crippen molar-refractivity contribution < 1.29 is 8.83 Å². The molecule has 4 aromatic heterocycles. The van der Waals surface area contributed by atoms with Gasteiger partial charge < -0.3 is 8.83 Å². The molecular formula is C10H4N6O2. The van der Waals surface area contributed by atoms with Gasteiger partial charge in [0.15, 0.2) is 24.3 Å². The number of hydrogen-bond donors (Lipinski definition) is 0. The van der Waals surface area contributed by atoms with Crippen molar-refractivity contribution in [3.8, 4) is 11.5 Å². The monoisotopic (exact) mass is 240 g/mol. The fourth-order valence-corrected chi connectivity index (χ4v) is 1.64. The van der Waals surface area contributed by atoms with Gasteiger partial charge in [0.05, 0.1) is 6.20 Å². The van der Waals surface area contributed by atoms with Crippen molar-refractivity contribution in [1.82, 2.24) is 29.9 Å². The van der Waals surface area contributed by atoms with Crippen molar-refractivity contribution in [3.05, 3.63) is 25.3 Å². The summed E-state index contributed by atoms with van der Waals surface area (Å²) in [7, 11) is 0. The van der Waals surface area contributed by atoms with Crippen LogP contribution in [0.4, 0.5) is 0 Å². The molecule has 18 heavy (non-hydrogen) atoms. The second-order valence-electron chi connectivity index (χ2n) is 3.46. The van der Waals surface area contributed by atoms with Crippen LogP contribution in [0.2, 0.25) is 0 Å². The molecule has 4 aromatic rings. The minimum Gasteiger partial charge on any atom is -0.439 e. The van der Waals surface area contributed by atoms with Gasteiger partial charge in [-0.05, 0) is 0 Å². The zero-order chi connectivity index (χ0) is 11.9. The molecule has 4 heterocycles. The third kappa shape index (κ3) is 1.19. The second-order valence-corrected chi connectivity index (χ2v) is 3.46. The molecule has 0 spiro atoms. The molecule has 0 atom stereocenters. The summed E-state index contributed by atoms with van der Waals surface area (Å²) in [4.78, 5) is 24.4. The van der Waals surface area contributed by atoms with Gasteiger partial charge in [-0.25, -0.2) is 19.9 Å². The second kappa shape index (κ2) is 3.29. The first kappa shape index (κ1) is 9.16. The van der Waals surface area contributed by atoms with Gasteiger partial charge >= 0.3 is 0 Å². The topological polar surface area (TPSA) is 104 Å². The van der Waals surface area contributed by atoms with Gasteiger partial charge in [-0.15, -0.1) is 0 Å². The molecule has 0 N–H and O–H groups in total. The van der Waals surface area contributed by atoms with E-state index in [1.54, 1.807) is 6.20 Å². The molecule has 0 amide bonds. The number of nitrogens with zero attached hydrogens (tertiary/aromatic N) is 6. The van der Waals surface area contributed by atoms with Crippen molar-refractivity contribution in [2.45, 2.75) is 0 Å². The summed E-state index contributed by atoms with van der Waals surface area (Å²) < 4.78 is 10.4. The third-order valence-electron chi connectivity index (χ3n) is 2.43. The van der Waals surface area contributed by atoms with Gasteiger partial charge in [0, 0.05) is 0 Å². The zero-order valence-electron chi connectivity index (χ0n) is 8.81. The lowest BCUT2D eigenvalue weighted by atomic mass is 10.3. The molecule has 8 nitrogen and oxygen atoms in total. The Morgan fingerprint density at radius 1 is 0.889 bits per heavy atom. The molecule has 0 bridgehead atoms. The van der Waals surface area contributed by atoms with E-state index >= 15 is 0 Å². The molecular weight excluding hydrogens is 236 g/mol. The van der Waals surface area contributed by atoms with E-state index in [0.29, 0.717) is 34.0 Å². The van der Waals surface area contributed by atoms with Crippen LogP contribution in [-0.2, 0) is 0 Å². The summed E-state index contributed by atoms with van der Waals surface area (Å²) in [5, 5.41) is 0. The van der Waals surface area contributed by atoms with E-state index in [9.17, 15) is 0 Å². The minimum absolute atomic E-state index is 0.378. The number of aromatic nitrogens is 6. The Morgan fingerprint density at radius 3 is 2.83 bits per heavy atom. The van der Waals surface area contributed by atoms with Gasteiger partial charge in [-0.1, -0.05) is 0 Å². The van der Waals surface area contributed by atoms with Crippen molar-refractivity contribution >= 4 is 22.5 Å². The van der Waals surface area contributed by atoms with Crippen LogP contribution in [-0.4, -0.2) is 29.9 Å². The predicted octanol–water partition coefficient (Wildman–Crippen LogP) is 1.22. The Hall–Kier alpha value is -2.90. The Balaban J connectivity index is 2.03. The lowest BCUT2D eigenvalue weighted by molar-refractivity contribution is 0.590. The SMILES string of the molecule is c1nc(-c2ncc3ncoc3n2)c2ocnc2n1. The summed E-state index contributed by atoms with van der Waals surface area (Å²) in [5.74, 6) is 0.378. The quantitative estimate of drug-likeness (QED) is 0.489. The summed E-state index contributed by atoms with van der Waals surface area (Å²) in [6, 6.07) is 0. The molecule has 0 radical (unpaired) electrons. The molecule has 0 saturated heterocycles. The Kier molecular flexibility index (Phi) is 1.68. The van der Waals surface area contributed by atoms with Gasteiger partial charge in [-0.2, -0.15) is 9.97 Å². The van der Waals surface area contributed by atoms with E-state index in [1.807, 2.05) is 0 Å². The summed E-state index contributed by atoms with van der Waals surface area (Å²) in [6.45, 7) is 0. The van der Waals surface area contributed by atoms with E-state index in [2.05, 4.69) is 29.9 Å². The van der Waals surface area contributed by atoms with Crippen molar-refractivity contribution in [1.29, 1.82) is 0 Å². The summed E-state index contributed by atoms with van der Waals surface area (Å²) >= 11 is 0. The Morgan fingerprint density at radius 2 is 1.83 bits per heavy atom. The molecule has 0 aliphatic carbocycles. The van der Waals surface area contributed by atoms with Gasteiger partial charge in [-0.3, -0.25) is 0 Å². The van der Waals surface area contributed by atoms with E-state index in [4.69, 9.17) is 8.83 Å². The van der Waals surface area contributed by atoms with E-state index in [0.717, 1.165) is 0 Å². The summed E-state index contributed by atoms with van der Waals surface area (Å²) in [5.41, 5.74) is 2.35. The van der Waals surface area contributed by atoms with Crippen LogP contribution in [0.5, 0.6) is 0 Å². The lowest BCUT2D eigenvalue weighted by Gasteiger charge is -1.97. The van der Waals surface area contributed by atoms with Crippen molar-refractivity contribution in [2.75, 3.05) is 0 Å². The molecule has 0 aliphatic rings. The molecule has 4 rings (SSSR count). The smallest absolute Gasteiger partial charge is 0.250 e. The molecule has 86 valence electrons. The normalized spacial score (nSPS) is 11.3. The third-order valence-corrected chi connectivity index (χ3v) is 2.43. The average Bonchev–Trinajstić information content (AvgIpc) is 3.05. The van der Waals surface area contributed by atoms with E-state index < -0.39 is 0 Å². The van der Waals surface area contributed by atoms with Crippen LogP contribution in [0.25, 0.3) is 34.0 Å². The maximum absolute atomic E-state index is 5.23. The van der Waals surface area contributed by atoms with Crippen molar-refractivity contribution in [2.24, 2.45) is 0 Å². The van der Waals surface area contributed by atoms with Gasteiger partial charge in [0.25, 0.3) is 0 Å². The first-order chi connectivity index (χ1) is 8.92. The fraction of sp³-hybridized carbons (Fsp3) is 0. The zero-order valence-corrected chi connectivity index (χ0v) is 8.81. The average molecular weight is 240 g/mol. The maximum atomic E-state index is 5.23. The van der Waals surface area contributed by atoms with Crippen LogP contribution in [0.1, 0.15) is 0 Å². The number of oxazole rings is 2. The molecule has 0 saturated carbocycles. The number of rotatable bonds is 1. The van der Waals surface area contributed by atoms with Crippen LogP contribution < -0.4 is 0 Å². The van der Waals surface area contributed by atoms with E-state index in [-0.39, 0.29) is 0 Å². The largest absolute Gasteiger partial charge is 0.439 e.